The van der Waals surface area contributed by atoms with Crippen molar-refractivity contribution in [3.63, 3.8) is 0 Å². The van der Waals surface area contributed by atoms with Gasteiger partial charge in [0, 0.05) is 25.7 Å². The third-order valence-electron chi connectivity index (χ3n) is 4.49. The summed E-state index contributed by atoms with van der Waals surface area (Å²) < 4.78 is 0. The highest BCUT2D eigenvalue weighted by molar-refractivity contribution is 5.78. The second-order valence-electron chi connectivity index (χ2n) is 7.15. The van der Waals surface area contributed by atoms with Crippen molar-refractivity contribution in [3.05, 3.63) is 35.4 Å². The molecule has 0 aromatic heterocycles. The minimum absolute atomic E-state index is 0.0498. The monoisotopic (exact) mass is 317 g/mol. The molecule has 0 radical (unpaired) electrons. The van der Waals surface area contributed by atoms with E-state index in [-0.39, 0.29) is 11.9 Å². The molecule has 2 N–H and O–H groups in total. The zero-order chi connectivity index (χ0) is 16.8. The fraction of sp³-hybridized carbons (Fsp3) is 0.632. The average Bonchev–Trinajstić information content (AvgIpc) is 2.49. The first kappa shape index (κ1) is 18.0. The van der Waals surface area contributed by atoms with E-state index in [1.165, 1.54) is 11.1 Å². The number of hydrogen-bond acceptors (Lipinski definition) is 3. The second kappa shape index (κ2) is 8.46. The molecule has 4 nitrogen and oxygen atoms in total. The average molecular weight is 317 g/mol. The van der Waals surface area contributed by atoms with E-state index in [9.17, 15) is 4.79 Å². The predicted molar refractivity (Wildman–Crippen MR) is 95.4 cm³/mol. The van der Waals surface area contributed by atoms with E-state index in [1.54, 1.807) is 0 Å². The molecule has 0 spiro atoms. The first-order valence-corrected chi connectivity index (χ1v) is 8.78. The molecule has 0 aliphatic carbocycles. The number of carbonyl (C=O) groups is 1. The Kier molecular flexibility index (Phi) is 6.60. The van der Waals surface area contributed by atoms with Gasteiger partial charge in [0.2, 0.25) is 5.91 Å². The van der Waals surface area contributed by atoms with Gasteiger partial charge < -0.3 is 10.6 Å². The molecule has 1 fully saturated rings. The van der Waals surface area contributed by atoms with Gasteiger partial charge in [0.05, 0.1) is 12.6 Å². The number of piperazine rings is 1. The summed E-state index contributed by atoms with van der Waals surface area (Å²) in [4.78, 5) is 14.5. The Bertz CT molecular complexity index is 498. The molecule has 1 aromatic rings. The Morgan fingerprint density at radius 1 is 1.30 bits per heavy atom. The van der Waals surface area contributed by atoms with Crippen molar-refractivity contribution in [2.75, 3.05) is 26.2 Å². The standard InChI is InChI=1S/C19H31N3O/c1-14(2)11-17-5-7-18(8-6-17)16(4)21-19(23)13-22-10-9-20-12-15(22)3/h5-8,14-16,20H,9-13H2,1-4H3,(H,21,23)/t15-,16?/m0/s1. The van der Waals surface area contributed by atoms with Crippen LogP contribution >= 0.6 is 0 Å². The van der Waals surface area contributed by atoms with E-state index in [1.807, 2.05) is 0 Å². The van der Waals surface area contributed by atoms with E-state index < -0.39 is 0 Å². The van der Waals surface area contributed by atoms with Crippen LogP contribution in [-0.2, 0) is 11.2 Å². The van der Waals surface area contributed by atoms with Gasteiger partial charge in [0.25, 0.3) is 0 Å². The number of amides is 1. The van der Waals surface area contributed by atoms with Gasteiger partial charge in [-0.1, -0.05) is 38.1 Å². The highest BCUT2D eigenvalue weighted by Crippen LogP contribution is 2.15. The molecule has 1 amide bonds. The Morgan fingerprint density at radius 3 is 2.61 bits per heavy atom. The quantitative estimate of drug-likeness (QED) is 0.846. The topological polar surface area (TPSA) is 44.4 Å². The predicted octanol–water partition coefficient (Wildman–Crippen LogP) is 2.36. The van der Waals surface area contributed by atoms with Crippen LogP contribution in [-0.4, -0.2) is 43.0 Å². The molecule has 1 aliphatic heterocycles. The van der Waals surface area contributed by atoms with Gasteiger partial charge in [-0.25, -0.2) is 0 Å². The van der Waals surface area contributed by atoms with E-state index in [0.717, 1.165) is 26.1 Å². The molecule has 0 saturated carbocycles. The van der Waals surface area contributed by atoms with Crippen LogP contribution in [0.15, 0.2) is 24.3 Å². The molecule has 128 valence electrons. The summed E-state index contributed by atoms with van der Waals surface area (Å²) in [7, 11) is 0. The minimum atomic E-state index is 0.0498. The van der Waals surface area contributed by atoms with Crippen molar-refractivity contribution >= 4 is 5.91 Å². The largest absolute Gasteiger partial charge is 0.348 e. The van der Waals surface area contributed by atoms with E-state index in [2.05, 4.69) is 67.5 Å². The fourth-order valence-electron chi connectivity index (χ4n) is 3.09. The van der Waals surface area contributed by atoms with Crippen molar-refractivity contribution in [2.24, 2.45) is 5.92 Å². The molecule has 1 aliphatic rings. The van der Waals surface area contributed by atoms with Gasteiger partial charge in [-0.2, -0.15) is 0 Å². The Morgan fingerprint density at radius 2 is 2.00 bits per heavy atom. The van der Waals surface area contributed by atoms with Crippen LogP contribution in [0.4, 0.5) is 0 Å². The van der Waals surface area contributed by atoms with Crippen LogP contribution in [0.5, 0.6) is 0 Å². The number of carbonyl (C=O) groups excluding carboxylic acids is 1. The van der Waals surface area contributed by atoms with Gasteiger partial charge in [-0.3, -0.25) is 9.69 Å². The summed E-state index contributed by atoms with van der Waals surface area (Å²) in [5.74, 6) is 0.775. The molecule has 1 heterocycles. The minimum Gasteiger partial charge on any atom is -0.348 e. The maximum Gasteiger partial charge on any atom is 0.234 e. The van der Waals surface area contributed by atoms with Crippen LogP contribution in [0.1, 0.15) is 44.9 Å². The number of rotatable bonds is 6. The molecule has 1 aromatic carbocycles. The van der Waals surface area contributed by atoms with E-state index in [4.69, 9.17) is 0 Å². The summed E-state index contributed by atoms with van der Waals surface area (Å²) in [5.41, 5.74) is 2.52. The highest BCUT2D eigenvalue weighted by atomic mass is 16.2. The first-order valence-electron chi connectivity index (χ1n) is 8.78. The molecule has 4 heteroatoms. The number of nitrogens with zero attached hydrogens (tertiary/aromatic N) is 1. The van der Waals surface area contributed by atoms with Crippen LogP contribution in [0.25, 0.3) is 0 Å². The molecule has 1 saturated heterocycles. The Balaban J connectivity index is 1.85. The SMILES string of the molecule is CC(C)Cc1ccc(C(C)NC(=O)CN2CCNC[C@@H]2C)cc1. The zero-order valence-corrected chi connectivity index (χ0v) is 14.9. The summed E-state index contributed by atoms with van der Waals surface area (Å²) in [5, 5.41) is 6.47. The lowest BCUT2D eigenvalue weighted by molar-refractivity contribution is -0.123. The number of benzene rings is 1. The van der Waals surface area contributed by atoms with Crippen molar-refractivity contribution in [1.82, 2.24) is 15.5 Å². The lowest BCUT2D eigenvalue weighted by atomic mass is 10.00. The summed E-state index contributed by atoms with van der Waals surface area (Å²) >= 11 is 0. The lowest BCUT2D eigenvalue weighted by Crippen LogP contribution is -2.52. The molecular weight excluding hydrogens is 286 g/mol. The van der Waals surface area contributed by atoms with Crippen molar-refractivity contribution in [2.45, 2.75) is 46.2 Å². The van der Waals surface area contributed by atoms with Crippen LogP contribution in [0.2, 0.25) is 0 Å². The van der Waals surface area contributed by atoms with Gasteiger partial charge in [-0.05, 0) is 37.3 Å². The molecule has 23 heavy (non-hydrogen) atoms. The van der Waals surface area contributed by atoms with Crippen molar-refractivity contribution in [3.8, 4) is 0 Å². The molecule has 2 rings (SSSR count). The highest BCUT2D eigenvalue weighted by Gasteiger charge is 2.21. The molecular formula is C19H31N3O. The lowest BCUT2D eigenvalue weighted by Gasteiger charge is -2.33. The Hall–Kier alpha value is -1.39. The van der Waals surface area contributed by atoms with E-state index in [0.29, 0.717) is 18.5 Å². The third-order valence-corrected chi connectivity index (χ3v) is 4.49. The zero-order valence-electron chi connectivity index (χ0n) is 14.9. The third kappa shape index (κ3) is 5.63. The Labute approximate surface area is 140 Å². The maximum atomic E-state index is 12.3. The number of hydrogen-bond donors (Lipinski definition) is 2. The van der Waals surface area contributed by atoms with Crippen LogP contribution < -0.4 is 10.6 Å². The summed E-state index contributed by atoms with van der Waals surface area (Å²) in [6.07, 6.45) is 1.10. The van der Waals surface area contributed by atoms with Crippen molar-refractivity contribution in [1.29, 1.82) is 0 Å². The normalized spacial score (nSPS) is 20.5. The summed E-state index contributed by atoms with van der Waals surface area (Å²) in [6.45, 7) is 12.0. The smallest absolute Gasteiger partial charge is 0.234 e. The van der Waals surface area contributed by atoms with Gasteiger partial charge >= 0.3 is 0 Å². The molecule has 0 bridgehead atoms. The second-order valence-corrected chi connectivity index (χ2v) is 7.15. The molecule has 1 unspecified atom stereocenters. The van der Waals surface area contributed by atoms with Crippen LogP contribution in [0, 0.1) is 5.92 Å². The number of nitrogens with one attached hydrogen (secondary N) is 2. The van der Waals surface area contributed by atoms with Gasteiger partial charge in [0.15, 0.2) is 0 Å². The maximum absolute atomic E-state index is 12.3. The summed E-state index contributed by atoms with van der Waals surface area (Å²) in [6, 6.07) is 9.09. The van der Waals surface area contributed by atoms with Crippen molar-refractivity contribution < 1.29 is 4.79 Å². The van der Waals surface area contributed by atoms with Gasteiger partial charge in [0.1, 0.15) is 0 Å². The van der Waals surface area contributed by atoms with Crippen LogP contribution in [0.3, 0.4) is 0 Å². The molecule has 2 atom stereocenters. The fourth-order valence-corrected chi connectivity index (χ4v) is 3.09. The first-order chi connectivity index (χ1) is 11.0. The van der Waals surface area contributed by atoms with Gasteiger partial charge in [-0.15, -0.1) is 0 Å². The van der Waals surface area contributed by atoms with E-state index >= 15 is 0 Å².